The number of rotatable bonds is 1. The number of Topliss-reactive ketones (excluding diaryl/α,β-unsaturated/α-hetero) is 1. The normalized spacial score (nSPS) is 19.4. The molecule has 0 aromatic rings. The Bertz CT molecular complexity index is 155. The fourth-order valence-electron chi connectivity index (χ4n) is 0.721. The maximum absolute atomic E-state index is 10.7. The molecule has 0 aliphatic carbocycles. The van der Waals surface area contributed by atoms with Crippen LogP contribution in [0.15, 0.2) is 0 Å². The van der Waals surface area contributed by atoms with Crippen molar-refractivity contribution < 1.29 is 9.59 Å². The number of nitrogens with one attached hydrogen (secondary N) is 1. The first kappa shape index (κ1) is 6.22. The van der Waals surface area contributed by atoms with Gasteiger partial charge in [-0.05, 0) is 6.92 Å². The molecule has 1 amide bonds. The van der Waals surface area contributed by atoms with Crippen molar-refractivity contribution in [2.45, 2.75) is 6.92 Å². The number of carbonyl (C=O) groups excluding carboxylic acids is 2. The average Bonchev–Trinajstić information content (AvgIpc) is 2.15. The summed E-state index contributed by atoms with van der Waals surface area (Å²) in [5.74, 6) is -0.769. The lowest BCUT2D eigenvalue weighted by Crippen LogP contribution is -2.34. The summed E-state index contributed by atoms with van der Waals surface area (Å²) in [4.78, 5) is 21.1. The van der Waals surface area contributed by atoms with E-state index in [0.717, 1.165) is 0 Å². The zero-order valence-electron chi connectivity index (χ0n) is 5.18. The third-order valence-corrected chi connectivity index (χ3v) is 1.23. The van der Waals surface area contributed by atoms with Gasteiger partial charge < -0.3 is 0 Å². The predicted octanol–water partition coefficient (Wildman–Crippen LogP) is -1.08. The molecule has 1 rings (SSSR count). The number of hydrogen-bond acceptors (Lipinski definition) is 3. The van der Waals surface area contributed by atoms with Crippen LogP contribution in [0.3, 0.4) is 0 Å². The summed E-state index contributed by atoms with van der Waals surface area (Å²) in [6.07, 6.45) is 0. The summed E-state index contributed by atoms with van der Waals surface area (Å²) >= 11 is 0. The van der Waals surface area contributed by atoms with E-state index in [1.807, 2.05) is 6.92 Å². The molecule has 1 heterocycles. The summed E-state index contributed by atoms with van der Waals surface area (Å²) in [5, 5.41) is 1.31. The Kier molecular flexibility index (Phi) is 1.48. The molecule has 0 aromatic heterocycles. The number of ketones is 1. The van der Waals surface area contributed by atoms with Crippen LogP contribution < -0.4 is 5.43 Å². The fourth-order valence-corrected chi connectivity index (χ4v) is 0.721. The van der Waals surface area contributed by atoms with Gasteiger partial charge in [0.2, 0.25) is 5.78 Å². The van der Waals surface area contributed by atoms with Gasteiger partial charge in [0, 0.05) is 6.54 Å². The van der Waals surface area contributed by atoms with E-state index in [0.29, 0.717) is 6.54 Å². The molecule has 0 atom stereocenters. The van der Waals surface area contributed by atoms with Gasteiger partial charge in [0.25, 0.3) is 0 Å². The van der Waals surface area contributed by atoms with E-state index in [4.69, 9.17) is 0 Å². The van der Waals surface area contributed by atoms with Crippen LogP contribution in [-0.4, -0.2) is 29.8 Å². The molecule has 1 fully saturated rings. The molecule has 9 heavy (non-hydrogen) atoms. The standard InChI is InChI=1S/C5H8N2O2/c1-2-7-5(9)4(8)3-6-7/h6H,2-3H2,1H3. The van der Waals surface area contributed by atoms with Gasteiger partial charge in [0.15, 0.2) is 0 Å². The SMILES string of the molecule is CCN1NCC(=O)C1=O. The van der Waals surface area contributed by atoms with E-state index in [9.17, 15) is 9.59 Å². The lowest BCUT2D eigenvalue weighted by molar-refractivity contribution is -0.140. The topological polar surface area (TPSA) is 49.4 Å². The molecule has 4 heteroatoms. The maximum Gasteiger partial charge on any atom is 0.305 e. The highest BCUT2D eigenvalue weighted by Crippen LogP contribution is 1.92. The quantitative estimate of drug-likeness (QED) is 0.457. The van der Waals surface area contributed by atoms with Crippen LogP contribution in [0.25, 0.3) is 0 Å². The molecule has 0 radical (unpaired) electrons. The van der Waals surface area contributed by atoms with Crippen LogP contribution in [0.1, 0.15) is 6.92 Å². The van der Waals surface area contributed by atoms with Gasteiger partial charge in [-0.1, -0.05) is 0 Å². The minimum Gasteiger partial charge on any atom is -0.287 e. The number of amides is 1. The van der Waals surface area contributed by atoms with Crippen molar-refractivity contribution >= 4 is 11.7 Å². The van der Waals surface area contributed by atoms with Crippen LogP contribution in [0.5, 0.6) is 0 Å². The van der Waals surface area contributed by atoms with Crippen molar-refractivity contribution in [3.05, 3.63) is 0 Å². The number of hydrazine groups is 1. The molecule has 4 nitrogen and oxygen atoms in total. The Labute approximate surface area is 52.8 Å². The smallest absolute Gasteiger partial charge is 0.287 e. The summed E-state index contributed by atoms with van der Waals surface area (Å²) < 4.78 is 0. The molecule has 1 aliphatic rings. The van der Waals surface area contributed by atoms with Crippen LogP contribution in [-0.2, 0) is 9.59 Å². The average molecular weight is 128 g/mol. The number of likely N-dealkylation sites (N-methyl/N-ethyl adjacent to an activating group) is 1. The summed E-state index contributed by atoms with van der Waals surface area (Å²) in [5.41, 5.74) is 2.64. The van der Waals surface area contributed by atoms with Crippen molar-refractivity contribution in [1.29, 1.82) is 0 Å². The van der Waals surface area contributed by atoms with Crippen molar-refractivity contribution in [3.8, 4) is 0 Å². The summed E-state index contributed by atoms with van der Waals surface area (Å²) in [6, 6.07) is 0. The van der Waals surface area contributed by atoms with E-state index < -0.39 is 5.91 Å². The van der Waals surface area contributed by atoms with E-state index in [1.165, 1.54) is 5.01 Å². The van der Waals surface area contributed by atoms with Crippen molar-refractivity contribution in [2.24, 2.45) is 0 Å². The lowest BCUT2D eigenvalue weighted by Gasteiger charge is -2.09. The Morgan fingerprint density at radius 2 is 2.33 bits per heavy atom. The maximum atomic E-state index is 10.7. The fraction of sp³-hybridized carbons (Fsp3) is 0.600. The summed E-state index contributed by atoms with van der Waals surface area (Å²) in [6.45, 7) is 2.51. The van der Waals surface area contributed by atoms with E-state index in [1.54, 1.807) is 0 Å². The van der Waals surface area contributed by atoms with Gasteiger partial charge in [-0.2, -0.15) is 0 Å². The minimum atomic E-state index is -0.419. The highest BCUT2D eigenvalue weighted by Gasteiger charge is 2.26. The third-order valence-electron chi connectivity index (χ3n) is 1.23. The van der Waals surface area contributed by atoms with Gasteiger partial charge in [0.05, 0.1) is 6.54 Å². The van der Waals surface area contributed by atoms with Crippen molar-refractivity contribution in [3.63, 3.8) is 0 Å². The molecule has 1 N–H and O–H groups in total. The molecule has 0 unspecified atom stereocenters. The van der Waals surface area contributed by atoms with E-state index >= 15 is 0 Å². The molecule has 50 valence electrons. The van der Waals surface area contributed by atoms with Crippen molar-refractivity contribution in [1.82, 2.24) is 10.4 Å². The van der Waals surface area contributed by atoms with Crippen LogP contribution >= 0.6 is 0 Å². The number of nitrogens with zero attached hydrogens (tertiary/aromatic N) is 1. The molecule has 0 bridgehead atoms. The van der Waals surface area contributed by atoms with Gasteiger partial charge >= 0.3 is 5.91 Å². The van der Waals surface area contributed by atoms with Crippen LogP contribution in [0, 0.1) is 0 Å². The van der Waals surface area contributed by atoms with Gasteiger partial charge in [0.1, 0.15) is 0 Å². The first-order valence-corrected chi connectivity index (χ1v) is 2.84. The van der Waals surface area contributed by atoms with E-state index in [-0.39, 0.29) is 12.3 Å². The van der Waals surface area contributed by atoms with E-state index in [2.05, 4.69) is 5.43 Å². The molecular weight excluding hydrogens is 120 g/mol. The zero-order valence-corrected chi connectivity index (χ0v) is 5.18. The van der Waals surface area contributed by atoms with Gasteiger partial charge in [-0.3, -0.25) is 14.6 Å². The van der Waals surface area contributed by atoms with Crippen molar-refractivity contribution in [2.75, 3.05) is 13.1 Å². The molecule has 1 saturated heterocycles. The van der Waals surface area contributed by atoms with Gasteiger partial charge in [-0.25, -0.2) is 5.43 Å². The Balaban J connectivity index is 2.62. The Morgan fingerprint density at radius 1 is 1.67 bits per heavy atom. The first-order chi connectivity index (χ1) is 4.25. The molecular formula is C5H8N2O2. The highest BCUT2D eigenvalue weighted by molar-refractivity contribution is 6.38. The molecule has 0 aromatic carbocycles. The zero-order chi connectivity index (χ0) is 6.85. The Morgan fingerprint density at radius 3 is 2.56 bits per heavy atom. The van der Waals surface area contributed by atoms with Crippen LogP contribution in [0.2, 0.25) is 0 Å². The summed E-state index contributed by atoms with van der Waals surface area (Å²) in [7, 11) is 0. The highest BCUT2D eigenvalue weighted by atomic mass is 16.2. The largest absolute Gasteiger partial charge is 0.305 e. The number of carbonyl (C=O) groups is 2. The Hall–Kier alpha value is -0.900. The first-order valence-electron chi connectivity index (χ1n) is 2.84. The van der Waals surface area contributed by atoms with Crippen LogP contribution in [0.4, 0.5) is 0 Å². The minimum absolute atomic E-state index is 0.159. The monoisotopic (exact) mass is 128 g/mol. The second kappa shape index (κ2) is 2.14. The number of hydrogen-bond donors (Lipinski definition) is 1. The predicted molar refractivity (Wildman–Crippen MR) is 30.4 cm³/mol. The third kappa shape index (κ3) is 0.929. The molecule has 0 spiro atoms. The lowest BCUT2D eigenvalue weighted by atomic mass is 10.4. The molecule has 1 aliphatic heterocycles. The molecule has 0 saturated carbocycles. The second-order valence-corrected chi connectivity index (χ2v) is 1.81. The second-order valence-electron chi connectivity index (χ2n) is 1.81. The van der Waals surface area contributed by atoms with Gasteiger partial charge in [-0.15, -0.1) is 0 Å².